The number of hydrogen-bond acceptors (Lipinski definition) is 4. The standard InChI is InChI=1S/C25H27BrF2N2O3.C7H7F2N/c1-2-21-25(32)30(14-18-19(27)9-6-10-20(18)28)23(17-13-15(26)11-12-22(17)33-21)24(31)29-16-7-4-3-5-8-16;8-6-2-1-3-7(9)5(6)4-10/h6,9-13,16,21,23H,2-5,7-8,14H2,1H3,(H,29,31);1-3H,4,10H2. The molecule has 230 valence electrons. The van der Waals surface area contributed by atoms with Crippen LogP contribution in [-0.2, 0) is 22.7 Å². The molecule has 0 radical (unpaired) electrons. The molecule has 1 saturated carbocycles. The van der Waals surface area contributed by atoms with Gasteiger partial charge in [-0.05, 0) is 61.7 Å². The van der Waals surface area contributed by atoms with Crippen molar-refractivity contribution in [1.82, 2.24) is 10.2 Å². The van der Waals surface area contributed by atoms with E-state index in [4.69, 9.17) is 10.5 Å². The van der Waals surface area contributed by atoms with Crippen molar-refractivity contribution in [3.05, 3.63) is 99.0 Å². The fraction of sp³-hybridized carbons (Fsp3) is 0.375. The molecule has 6 nitrogen and oxygen atoms in total. The molecule has 0 aromatic heterocycles. The predicted molar refractivity (Wildman–Crippen MR) is 158 cm³/mol. The maximum atomic E-state index is 14.6. The molecule has 1 aliphatic heterocycles. The van der Waals surface area contributed by atoms with Gasteiger partial charge in [-0.1, -0.05) is 54.2 Å². The lowest BCUT2D eigenvalue weighted by atomic mass is 9.94. The maximum absolute atomic E-state index is 14.6. The summed E-state index contributed by atoms with van der Waals surface area (Å²) < 4.78 is 60.9. The summed E-state index contributed by atoms with van der Waals surface area (Å²) in [7, 11) is 0. The molecule has 43 heavy (non-hydrogen) atoms. The minimum absolute atomic E-state index is 0.00939. The first-order valence-electron chi connectivity index (χ1n) is 14.3. The van der Waals surface area contributed by atoms with Crippen LogP contribution in [0.25, 0.3) is 0 Å². The first kappa shape index (κ1) is 32.5. The van der Waals surface area contributed by atoms with Crippen LogP contribution in [0.15, 0.2) is 59.1 Å². The number of nitrogens with one attached hydrogen (secondary N) is 1. The second kappa shape index (κ2) is 14.8. The summed E-state index contributed by atoms with van der Waals surface area (Å²) in [6, 6.07) is 11.4. The highest BCUT2D eigenvalue weighted by molar-refractivity contribution is 9.10. The minimum Gasteiger partial charge on any atom is -0.480 e. The highest BCUT2D eigenvalue weighted by Gasteiger charge is 2.41. The van der Waals surface area contributed by atoms with Gasteiger partial charge in [0.1, 0.15) is 35.1 Å². The van der Waals surface area contributed by atoms with Crippen LogP contribution >= 0.6 is 15.9 Å². The Morgan fingerprint density at radius 2 is 1.53 bits per heavy atom. The minimum atomic E-state index is -1.08. The van der Waals surface area contributed by atoms with Gasteiger partial charge in [0.2, 0.25) is 5.91 Å². The summed E-state index contributed by atoms with van der Waals surface area (Å²) in [5.74, 6) is -3.12. The molecule has 1 heterocycles. The normalized spacial score (nSPS) is 18.6. The second-order valence-electron chi connectivity index (χ2n) is 10.5. The van der Waals surface area contributed by atoms with Crippen molar-refractivity contribution >= 4 is 27.7 Å². The Bertz CT molecular complexity index is 1410. The molecular formula is C32H34BrF4N3O3. The van der Waals surface area contributed by atoms with Crippen LogP contribution in [0, 0.1) is 23.3 Å². The third-order valence-electron chi connectivity index (χ3n) is 7.63. The van der Waals surface area contributed by atoms with Crippen LogP contribution in [0.3, 0.4) is 0 Å². The average molecular weight is 665 g/mol. The van der Waals surface area contributed by atoms with Crippen molar-refractivity contribution in [3.8, 4) is 5.75 Å². The Morgan fingerprint density at radius 1 is 0.953 bits per heavy atom. The van der Waals surface area contributed by atoms with Crippen LogP contribution in [-0.4, -0.2) is 28.9 Å². The van der Waals surface area contributed by atoms with E-state index in [2.05, 4.69) is 21.2 Å². The highest BCUT2D eigenvalue weighted by atomic mass is 79.9. The van der Waals surface area contributed by atoms with Gasteiger partial charge < -0.3 is 20.7 Å². The summed E-state index contributed by atoms with van der Waals surface area (Å²) in [6.45, 7) is 1.32. The summed E-state index contributed by atoms with van der Waals surface area (Å²) in [6.07, 6.45) is 4.41. The predicted octanol–water partition coefficient (Wildman–Crippen LogP) is 6.84. The van der Waals surface area contributed by atoms with E-state index in [1.807, 2.05) is 0 Å². The van der Waals surface area contributed by atoms with Crippen LogP contribution in [0.1, 0.15) is 68.2 Å². The number of amides is 2. The van der Waals surface area contributed by atoms with Gasteiger partial charge in [-0.3, -0.25) is 9.59 Å². The van der Waals surface area contributed by atoms with Crippen LogP contribution in [0.2, 0.25) is 0 Å². The average Bonchev–Trinajstić information content (AvgIpc) is 3.09. The number of hydrogen-bond donors (Lipinski definition) is 2. The van der Waals surface area contributed by atoms with E-state index in [1.54, 1.807) is 25.1 Å². The van der Waals surface area contributed by atoms with Crippen LogP contribution in [0.5, 0.6) is 5.75 Å². The van der Waals surface area contributed by atoms with Gasteiger partial charge in [-0.15, -0.1) is 0 Å². The summed E-state index contributed by atoms with van der Waals surface area (Å²) in [4.78, 5) is 28.4. The smallest absolute Gasteiger partial charge is 0.264 e. The quantitative estimate of drug-likeness (QED) is 0.283. The van der Waals surface area contributed by atoms with Crippen molar-refractivity contribution in [2.75, 3.05) is 0 Å². The second-order valence-corrected chi connectivity index (χ2v) is 11.4. The summed E-state index contributed by atoms with van der Waals surface area (Å²) in [5.41, 5.74) is 5.25. The molecule has 11 heteroatoms. The fourth-order valence-corrected chi connectivity index (χ4v) is 5.72. The number of halogens is 5. The van der Waals surface area contributed by atoms with E-state index < -0.39 is 41.3 Å². The Balaban J connectivity index is 0.000000359. The Morgan fingerprint density at radius 3 is 2.07 bits per heavy atom. The monoisotopic (exact) mass is 663 g/mol. The lowest BCUT2D eigenvalue weighted by Gasteiger charge is -2.32. The van der Waals surface area contributed by atoms with E-state index in [1.165, 1.54) is 29.2 Å². The molecule has 0 spiro atoms. The van der Waals surface area contributed by atoms with Crippen LogP contribution < -0.4 is 15.8 Å². The topological polar surface area (TPSA) is 84.7 Å². The number of nitrogens with two attached hydrogens (primary N) is 1. The molecule has 1 fully saturated rings. The zero-order chi connectivity index (χ0) is 31.1. The molecule has 0 bridgehead atoms. The van der Waals surface area contributed by atoms with Crippen molar-refractivity contribution in [1.29, 1.82) is 0 Å². The van der Waals surface area contributed by atoms with E-state index in [0.29, 0.717) is 22.2 Å². The SMILES string of the molecule is CCC1Oc2ccc(Br)cc2C(C(=O)NC2CCCCC2)N(Cc2c(F)cccc2F)C1=O.NCc1c(F)cccc1F. The van der Waals surface area contributed by atoms with Gasteiger partial charge >= 0.3 is 0 Å². The van der Waals surface area contributed by atoms with Crippen molar-refractivity contribution < 1.29 is 31.9 Å². The van der Waals surface area contributed by atoms with E-state index in [0.717, 1.165) is 44.2 Å². The van der Waals surface area contributed by atoms with Gasteiger partial charge in [-0.2, -0.15) is 0 Å². The molecule has 2 amide bonds. The Labute approximate surface area is 256 Å². The van der Waals surface area contributed by atoms with Crippen molar-refractivity contribution in [3.63, 3.8) is 0 Å². The Hall–Kier alpha value is -3.44. The third kappa shape index (κ3) is 7.75. The molecule has 1 aliphatic carbocycles. The molecule has 2 aliphatic rings. The van der Waals surface area contributed by atoms with Gasteiger partial charge in [0.25, 0.3) is 5.91 Å². The van der Waals surface area contributed by atoms with E-state index in [-0.39, 0.29) is 36.2 Å². The first-order chi connectivity index (χ1) is 20.6. The number of nitrogens with zero attached hydrogens (tertiary/aromatic N) is 1. The molecular weight excluding hydrogens is 630 g/mol. The third-order valence-corrected chi connectivity index (χ3v) is 8.13. The van der Waals surface area contributed by atoms with Crippen molar-refractivity contribution in [2.24, 2.45) is 5.73 Å². The number of carbonyl (C=O) groups excluding carboxylic acids is 2. The lowest BCUT2D eigenvalue weighted by Crippen LogP contribution is -2.48. The zero-order valence-electron chi connectivity index (χ0n) is 23.7. The molecule has 0 saturated heterocycles. The lowest BCUT2D eigenvalue weighted by molar-refractivity contribution is -0.146. The van der Waals surface area contributed by atoms with Gasteiger partial charge in [0, 0.05) is 33.7 Å². The van der Waals surface area contributed by atoms with E-state index in [9.17, 15) is 27.2 Å². The maximum Gasteiger partial charge on any atom is 0.264 e. The van der Waals surface area contributed by atoms with Crippen molar-refractivity contribution in [2.45, 2.75) is 76.7 Å². The van der Waals surface area contributed by atoms with Gasteiger partial charge in [0.15, 0.2) is 6.10 Å². The number of fused-ring (bicyclic) bond motifs is 1. The zero-order valence-corrected chi connectivity index (χ0v) is 25.3. The molecule has 3 N–H and O–H groups in total. The molecule has 2 atom stereocenters. The molecule has 3 aromatic carbocycles. The molecule has 5 rings (SSSR count). The number of ether oxygens (including phenoxy) is 1. The number of rotatable bonds is 6. The highest BCUT2D eigenvalue weighted by Crippen LogP contribution is 2.38. The van der Waals surface area contributed by atoms with E-state index >= 15 is 0 Å². The largest absolute Gasteiger partial charge is 0.480 e. The molecule has 2 unspecified atom stereocenters. The number of carbonyl (C=O) groups is 2. The summed E-state index contributed by atoms with van der Waals surface area (Å²) in [5, 5.41) is 3.08. The fourth-order valence-electron chi connectivity index (χ4n) is 5.34. The number of benzene rings is 3. The first-order valence-corrected chi connectivity index (χ1v) is 15.1. The Kier molecular flexibility index (Phi) is 11.2. The van der Waals surface area contributed by atoms with Gasteiger partial charge in [0.05, 0.1) is 6.54 Å². The van der Waals surface area contributed by atoms with Crippen LogP contribution in [0.4, 0.5) is 17.6 Å². The van der Waals surface area contributed by atoms with Gasteiger partial charge in [-0.25, -0.2) is 17.6 Å². The summed E-state index contributed by atoms with van der Waals surface area (Å²) >= 11 is 3.44. The molecule has 3 aromatic rings.